The second-order valence-electron chi connectivity index (χ2n) is 4.89. The van der Waals surface area contributed by atoms with Crippen molar-refractivity contribution in [1.29, 1.82) is 0 Å². The first-order valence-electron chi connectivity index (χ1n) is 7.05. The van der Waals surface area contributed by atoms with Crippen LogP contribution in [0.25, 0.3) is 0 Å². The van der Waals surface area contributed by atoms with Crippen molar-refractivity contribution >= 4 is 17.8 Å². The summed E-state index contributed by atoms with van der Waals surface area (Å²) in [5.41, 5.74) is 6.16. The minimum absolute atomic E-state index is 0.0777. The van der Waals surface area contributed by atoms with Gasteiger partial charge < -0.3 is 26.0 Å². The predicted molar refractivity (Wildman–Crippen MR) is 80.6 cm³/mol. The van der Waals surface area contributed by atoms with Gasteiger partial charge in [0.05, 0.1) is 19.1 Å². The van der Waals surface area contributed by atoms with E-state index in [2.05, 4.69) is 5.32 Å². The summed E-state index contributed by atoms with van der Waals surface area (Å²) >= 11 is 0. The molecule has 8 nitrogen and oxygen atoms in total. The van der Waals surface area contributed by atoms with Gasteiger partial charge in [-0.15, -0.1) is 0 Å². The molecule has 0 aliphatic heterocycles. The summed E-state index contributed by atoms with van der Waals surface area (Å²) in [5, 5.41) is 20.3. The van der Waals surface area contributed by atoms with E-state index in [0.29, 0.717) is 5.56 Å². The van der Waals surface area contributed by atoms with Gasteiger partial charge in [0.15, 0.2) is 0 Å². The number of phenols is 1. The van der Waals surface area contributed by atoms with Crippen LogP contribution in [0.2, 0.25) is 0 Å². The number of carbonyl (C=O) groups is 3. The van der Waals surface area contributed by atoms with Gasteiger partial charge in [0.1, 0.15) is 11.8 Å². The van der Waals surface area contributed by atoms with E-state index in [9.17, 15) is 19.5 Å². The van der Waals surface area contributed by atoms with Crippen molar-refractivity contribution in [3.8, 4) is 5.75 Å². The maximum Gasteiger partial charge on any atom is 0.328 e. The number of benzene rings is 1. The molecule has 0 saturated carbocycles. The molecule has 126 valence electrons. The molecule has 0 aromatic heterocycles. The summed E-state index contributed by atoms with van der Waals surface area (Å²) in [4.78, 5) is 34.4. The van der Waals surface area contributed by atoms with Gasteiger partial charge in [-0.25, -0.2) is 4.79 Å². The number of aromatic hydroxyl groups is 1. The van der Waals surface area contributed by atoms with E-state index >= 15 is 0 Å². The Labute approximate surface area is 133 Å². The predicted octanol–water partition coefficient (Wildman–Crippen LogP) is -0.215. The first kappa shape index (κ1) is 18.4. The smallest absolute Gasteiger partial charge is 0.328 e. The Morgan fingerprint density at radius 1 is 1.26 bits per heavy atom. The van der Waals surface area contributed by atoms with Gasteiger partial charge in [0.25, 0.3) is 0 Å². The number of nitrogens with two attached hydrogens (primary N) is 1. The van der Waals surface area contributed by atoms with E-state index in [1.54, 1.807) is 19.1 Å². The molecule has 23 heavy (non-hydrogen) atoms. The molecule has 1 aromatic rings. The summed E-state index contributed by atoms with van der Waals surface area (Å²) in [6.45, 7) is 1.77. The summed E-state index contributed by atoms with van der Waals surface area (Å²) in [5.74, 6) is -2.52. The van der Waals surface area contributed by atoms with Crippen molar-refractivity contribution in [2.45, 2.75) is 31.8 Å². The number of rotatable bonds is 8. The van der Waals surface area contributed by atoms with Crippen LogP contribution in [0.3, 0.4) is 0 Å². The largest absolute Gasteiger partial charge is 0.508 e. The molecular weight excluding hydrogens is 304 g/mol. The number of hydrogen-bond acceptors (Lipinski definition) is 6. The van der Waals surface area contributed by atoms with Crippen molar-refractivity contribution in [3.05, 3.63) is 29.8 Å². The van der Waals surface area contributed by atoms with Crippen molar-refractivity contribution < 1.29 is 29.3 Å². The standard InChI is InChI=1S/C15H20N2O6/c1-2-23-15(22)12(7-9-3-5-10(18)6-4-9)17-14(21)11(16)8-13(19)20/h3-6,11-12,18H,2,7-8,16H2,1H3,(H,17,21)(H,19,20)/t11-,12-/m0/s1. The average Bonchev–Trinajstić information content (AvgIpc) is 2.48. The van der Waals surface area contributed by atoms with E-state index in [4.69, 9.17) is 15.6 Å². The van der Waals surface area contributed by atoms with Crippen molar-refractivity contribution in [2.24, 2.45) is 5.73 Å². The third kappa shape index (κ3) is 6.35. The molecule has 1 amide bonds. The maximum absolute atomic E-state index is 12.0. The Hall–Kier alpha value is -2.61. The molecule has 0 heterocycles. The minimum atomic E-state index is -1.26. The van der Waals surface area contributed by atoms with Crippen LogP contribution < -0.4 is 11.1 Å². The number of carboxylic acids is 1. The maximum atomic E-state index is 12.0. The molecule has 0 bridgehead atoms. The number of ether oxygens (including phenoxy) is 1. The number of carboxylic acid groups (broad SMARTS) is 1. The highest BCUT2D eigenvalue weighted by Crippen LogP contribution is 2.12. The van der Waals surface area contributed by atoms with Crippen LogP contribution in [-0.4, -0.2) is 46.7 Å². The molecule has 2 atom stereocenters. The molecular formula is C15H20N2O6. The van der Waals surface area contributed by atoms with Crippen molar-refractivity contribution in [1.82, 2.24) is 5.32 Å². The molecule has 0 aliphatic rings. The number of phenolic OH excluding ortho intramolecular Hbond substituents is 1. The van der Waals surface area contributed by atoms with Gasteiger partial charge in [-0.3, -0.25) is 9.59 Å². The van der Waals surface area contributed by atoms with Gasteiger partial charge in [-0.2, -0.15) is 0 Å². The lowest BCUT2D eigenvalue weighted by Crippen LogP contribution is -2.50. The second-order valence-corrected chi connectivity index (χ2v) is 4.89. The molecule has 0 aliphatic carbocycles. The fourth-order valence-electron chi connectivity index (χ4n) is 1.86. The van der Waals surface area contributed by atoms with E-state index in [1.165, 1.54) is 12.1 Å². The molecule has 0 radical (unpaired) electrons. The Kier molecular flexibility index (Phi) is 7.01. The van der Waals surface area contributed by atoms with Gasteiger partial charge in [-0.05, 0) is 24.6 Å². The van der Waals surface area contributed by atoms with E-state index in [-0.39, 0.29) is 18.8 Å². The van der Waals surface area contributed by atoms with Crippen LogP contribution >= 0.6 is 0 Å². The molecule has 0 spiro atoms. The lowest BCUT2D eigenvalue weighted by atomic mass is 10.0. The number of aliphatic carboxylic acids is 1. The number of hydrogen-bond donors (Lipinski definition) is 4. The highest BCUT2D eigenvalue weighted by molar-refractivity contribution is 5.89. The molecule has 0 fully saturated rings. The zero-order valence-electron chi connectivity index (χ0n) is 12.7. The normalized spacial score (nSPS) is 13.0. The van der Waals surface area contributed by atoms with Crippen molar-refractivity contribution in [2.75, 3.05) is 6.61 Å². The van der Waals surface area contributed by atoms with Gasteiger partial charge >= 0.3 is 11.9 Å². The monoisotopic (exact) mass is 324 g/mol. The van der Waals surface area contributed by atoms with Crippen LogP contribution in [0.4, 0.5) is 0 Å². The SMILES string of the molecule is CCOC(=O)[C@H](Cc1ccc(O)cc1)NC(=O)[C@@H](N)CC(=O)O. The van der Waals surface area contributed by atoms with Gasteiger partial charge in [-0.1, -0.05) is 12.1 Å². The fourth-order valence-corrected chi connectivity index (χ4v) is 1.86. The summed E-state index contributed by atoms with van der Waals surface area (Å²) < 4.78 is 4.90. The van der Waals surface area contributed by atoms with E-state index in [1.807, 2.05) is 0 Å². The number of carbonyl (C=O) groups excluding carboxylic acids is 2. The van der Waals surface area contributed by atoms with Crippen LogP contribution in [0.15, 0.2) is 24.3 Å². The van der Waals surface area contributed by atoms with Crippen LogP contribution in [0, 0.1) is 0 Å². The number of esters is 1. The summed E-state index contributed by atoms with van der Waals surface area (Å²) in [6.07, 6.45) is -0.411. The first-order chi connectivity index (χ1) is 10.8. The van der Waals surface area contributed by atoms with Crippen LogP contribution in [0.1, 0.15) is 18.9 Å². The fraction of sp³-hybridized carbons (Fsp3) is 0.400. The van der Waals surface area contributed by atoms with E-state index < -0.39 is 36.4 Å². The Morgan fingerprint density at radius 2 is 1.87 bits per heavy atom. The molecule has 0 saturated heterocycles. The van der Waals surface area contributed by atoms with Crippen LogP contribution in [-0.2, 0) is 25.5 Å². The minimum Gasteiger partial charge on any atom is -0.508 e. The van der Waals surface area contributed by atoms with Gasteiger partial charge in [0, 0.05) is 6.42 Å². The lowest BCUT2D eigenvalue weighted by molar-refractivity contribution is -0.147. The third-order valence-corrected chi connectivity index (χ3v) is 3.00. The molecule has 0 unspecified atom stereocenters. The Balaban J connectivity index is 2.79. The zero-order chi connectivity index (χ0) is 17.4. The number of amides is 1. The molecule has 8 heteroatoms. The Morgan fingerprint density at radius 3 is 2.39 bits per heavy atom. The topological polar surface area (TPSA) is 139 Å². The van der Waals surface area contributed by atoms with E-state index in [0.717, 1.165) is 0 Å². The third-order valence-electron chi connectivity index (χ3n) is 3.00. The highest BCUT2D eigenvalue weighted by atomic mass is 16.5. The van der Waals surface area contributed by atoms with Crippen LogP contribution in [0.5, 0.6) is 5.75 Å². The van der Waals surface area contributed by atoms with Crippen molar-refractivity contribution in [3.63, 3.8) is 0 Å². The second kappa shape index (κ2) is 8.74. The first-order valence-corrected chi connectivity index (χ1v) is 7.05. The lowest BCUT2D eigenvalue weighted by Gasteiger charge is -2.19. The zero-order valence-corrected chi connectivity index (χ0v) is 12.7. The van der Waals surface area contributed by atoms with Gasteiger partial charge in [0.2, 0.25) is 5.91 Å². The number of nitrogens with one attached hydrogen (secondary N) is 1. The molecule has 1 rings (SSSR count). The Bertz CT molecular complexity index is 558. The average molecular weight is 324 g/mol. The molecule has 5 N–H and O–H groups in total. The highest BCUT2D eigenvalue weighted by Gasteiger charge is 2.26. The summed E-state index contributed by atoms with van der Waals surface area (Å²) in [7, 11) is 0. The summed E-state index contributed by atoms with van der Waals surface area (Å²) in [6, 6.07) is 3.86. The quantitative estimate of drug-likeness (QED) is 0.485. The molecule has 1 aromatic carbocycles.